The lowest BCUT2D eigenvalue weighted by atomic mass is 10.1. The summed E-state index contributed by atoms with van der Waals surface area (Å²) < 4.78 is 23.9. The van der Waals surface area contributed by atoms with E-state index in [9.17, 15) is 9.18 Å². The summed E-state index contributed by atoms with van der Waals surface area (Å²) in [5, 5.41) is 2.91. The first-order chi connectivity index (χ1) is 11.6. The third-order valence-electron chi connectivity index (χ3n) is 3.63. The molecule has 3 rings (SSSR count). The highest BCUT2D eigenvalue weighted by Gasteiger charge is 2.14. The number of thioether (sulfide) groups is 1. The van der Waals surface area contributed by atoms with Gasteiger partial charge in [0.1, 0.15) is 19.0 Å². The van der Waals surface area contributed by atoms with Crippen LogP contribution in [0.2, 0.25) is 0 Å². The summed E-state index contributed by atoms with van der Waals surface area (Å²) in [4.78, 5) is 13.0. The van der Waals surface area contributed by atoms with Crippen molar-refractivity contribution in [2.75, 3.05) is 19.0 Å². The van der Waals surface area contributed by atoms with Crippen LogP contribution in [-0.2, 0) is 4.79 Å². The molecular formula is C18H18FNO3S. The fraction of sp³-hybridized carbons (Fsp3) is 0.278. The van der Waals surface area contributed by atoms with Crippen LogP contribution in [0.15, 0.2) is 47.4 Å². The Balaban J connectivity index is 1.52. The summed E-state index contributed by atoms with van der Waals surface area (Å²) in [5.41, 5.74) is 0.870. The molecule has 0 saturated carbocycles. The first-order valence-corrected chi connectivity index (χ1v) is 8.67. The van der Waals surface area contributed by atoms with Gasteiger partial charge < -0.3 is 14.8 Å². The van der Waals surface area contributed by atoms with Crippen molar-refractivity contribution in [2.24, 2.45) is 0 Å². The molecule has 6 heteroatoms. The van der Waals surface area contributed by atoms with Crippen molar-refractivity contribution in [1.29, 1.82) is 0 Å². The monoisotopic (exact) mass is 347 g/mol. The quantitative estimate of drug-likeness (QED) is 0.840. The Bertz CT molecular complexity index is 721. The predicted molar refractivity (Wildman–Crippen MR) is 91.1 cm³/mol. The summed E-state index contributed by atoms with van der Waals surface area (Å²) in [6.07, 6.45) is 0. The van der Waals surface area contributed by atoms with Gasteiger partial charge >= 0.3 is 0 Å². The fourth-order valence-electron chi connectivity index (χ4n) is 2.38. The number of hydrogen-bond donors (Lipinski definition) is 1. The summed E-state index contributed by atoms with van der Waals surface area (Å²) >= 11 is 1.43. The van der Waals surface area contributed by atoms with Crippen LogP contribution < -0.4 is 14.8 Å². The van der Waals surface area contributed by atoms with Crippen LogP contribution in [0, 0.1) is 5.82 Å². The highest BCUT2D eigenvalue weighted by atomic mass is 32.2. The maximum Gasteiger partial charge on any atom is 0.230 e. The summed E-state index contributed by atoms with van der Waals surface area (Å²) in [6, 6.07) is 11.6. The molecule has 2 aromatic rings. The van der Waals surface area contributed by atoms with Gasteiger partial charge in [0.05, 0.1) is 11.8 Å². The number of ether oxygens (including phenoxy) is 2. The van der Waals surface area contributed by atoms with Crippen LogP contribution in [0.1, 0.15) is 18.5 Å². The molecule has 1 N–H and O–H groups in total. The van der Waals surface area contributed by atoms with Crippen LogP contribution in [0.3, 0.4) is 0 Å². The molecule has 0 radical (unpaired) electrons. The molecule has 1 atom stereocenters. The number of nitrogens with one attached hydrogen (secondary N) is 1. The van der Waals surface area contributed by atoms with Crippen molar-refractivity contribution in [1.82, 2.24) is 5.32 Å². The minimum atomic E-state index is -0.286. The SMILES string of the molecule is C[C@H](NC(=O)CSc1ccc2c(c1)OCCO2)c1ccc(F)cc1. The molecule has 2 aromatic carbocycles. The molecule has 0 unspecified atom stereocenters. The standard InChI is InChI=1S/C18H18FNO3S/c1-12(13-2-4-14(19)5-3-13)20-18(21)11-24-15-6-7-16-17(10-15)23-9-8-22-16/h2-7,10,12H,8-9,11H2,1H3,(H,20,21)/t12-/m0/s1. The van der Waals surface area contributed by atoms with Gasteiger partial charge in [0.25, 0.3) is 0 Å². The van der Waals surface area contributed by atoms with Gasteiger partial charge in [-0.2, -0.15) is 0 Å². The van der Waals surface area contributed by atoms with E-state index in [1.807, 2.05) is 25.1 Å². The van der Waals surface area contributed by atoms with Gasteiger partial charge in [-0.3, -0.25) is 4.79 Å². The van der Waals surface area contributed by atoms with E-state index in [1.54, 1.807) is 12.1 Å². The highest BCUT2D eigenvalue weighted by molar-refractivity contribution is 8.00. The Morgan fingerprint density at radius 2 is 1.88 bits per heavy atom. The smallest absolute Gasteiger partial charge is 0.230 e. The number of carbonyl (C=O) groups is 1. The van der Waals surface area contributed by atoms with Crippen LogP contribution in [0.4, 0.5) is 4.39 Å². The maximum atomic E-state index is 12.9. The zero-order chi connectivity index (χ0) is 16.9. The molecule has 0 saturated heterocycles. The van der Waals surface area contributed by atoms with E-state index in [0.717, 1.165) is 16.2 Å². The number of benzene rings is 2. The number of rotatable bonds is 5. The molecule has 0 spiro atoms. The molecule has 1 aliphatic rings. The van der Waals surface area contributed by atoms with E-state index in [-0.39, 0.29) is 17.8 Å². The van der Waals surface area contributed by atoms with Crippen LogP contribution in [0.5, 0.6) is 11.5 Å². The molecule has 0 fully saturated rings. The molecule has 0 aromatic heterocycles. The van der Waals surface area contributed by atoms with Gasteiger partial charge in [0.2, 0.25) is 5.91 Å². The van der Waals surface area contributed by atoms with Crippen molar-refractivity contribution < 1.29 is 18.7 Å². The topological polar surface area (TPSA) is 47.6 Å². The Morgan fingerprint density at radius 3 is 2.62 bits per heavy atom. The van der Waals surface area contributed by atoms with E-state index >= 15 is 0 Å². The van der Waals surface area contributed by atoms with E-state index in [1.165, 1.54) is 23.9 Å². The average molecular weight is 347 g/mol. The Morgan fingerprint density at radius 1 is 1.17 bits per heavy atom. The van der Waals surface area contributed by atoms with E-state index < -0.39 is 0 Å². The average Bonchev–Trinajstić information content (AvgIpc) is 2.60. The Hall–Kier alpha value is -2.21. The van der Waals surface area contributed by atoms with Gasteiger partial charge in [-0.25, -0.2) is 4.39 Å². The summed E-state index contributed by atoms with van der Waals surface area (Å²) in [5.74, 6) is 1.38. The Labute approximate surface area is 144 Å². The number of amides is 1. The number of hydrogen-bond acceptors (Lipinski definition) is 4. The lowest BCUT2D eigenvalue weighted by molar-refractivity contribution is -0.119. The highest BCUT2D eigenvalue weighted by Crippen LogP contribution is 2.34. The molecule has 1 amide bonds. The molecule has 24 heavy (non-hydrogen) atoms. The van der Waals surface area contributed by atoms with E-state index in [4.69, 9.17) is 9.47 Å². The van der Waals surface area contributed by atoms with Gasteiger partial charge in [0, 0.05) is 4.90 Å². The van der Waals surface area contributed by atoms with E-state index in [2.05, 4.69) is 5.32 Å². The summed E-state index contributed by atoms with van der Waals surface area (Å²) in [7, 11) is 0. The van der Waals surface area contributed by atoms with Crippen LogP contribution in [0.25, 0.3) is 0 Å². The first-order valence-electron chi connectivity index (χ1n) is 7.69. The molecule has 0 bridgehead atoms. The normalized spacial score (nSPS) is 14.1. The molecular weight excluding hydrogens is 329 g/mol. The lowest BCUT2D eigenvalue weighted by Gasteiger charge is -2.18. The third-order valence-corrected chi connectivity index (χ3v) is 4.62. The van der Waals surface area contributed by atoms with Crippen molar-refractivity contribution in [2.45, 2.75) is 17.9 Å². The van der Waals surface area contributed by atoms with Gasteiger partial charge in [-0.1, -0.05) is 12.1 Å². The van der Waals surface area contributed by atoms with Crippen molar-refractivity contribution in [3.63, 3.8) is 0 Å². The van der Waals surface area contributed by atoms with Gasteiger partial charge in [0.15, 0.2) is 11.5 Å². The fourth-order valence-corrected chi connectivity index (χ4v) is 3.12. The minimum Gasteiger partial charge on any atom is -0.486 e. The lowest BCUT2D eigenvalue weighted by Crippen LogP contribution is -2.28. The minimum absolute atomic E-state index is 0.0771. The second-order valence-electron chi connectivity index (χ2n) is 5.43. The van der Waals surface area contributed by atoms with Gasteiger partial charge in [-0.15, -0.1) is 11.8 Å². The van der Waals surface area contributed by atoms with Crippen LogP contribution in [-0.4, -0.2) is 24.9 Å². The molecule has 4 nitrogen and oxygen atoms in total. The van der Waals surface area contributed by atoms with E-state index in [0.29, 0.717) is 24.7 Å². The second-order valence-corrected chi connectivity index (χ2v) is 6.48. The molecule has 0 aliphatic carbocycles. The maximum absolute atomic E-state index is 12.9. The third kappa shape index (κ3) is 4.20. The number of fused-ring (bicyclic) bond motifs is 1. The first kappa shape index (κ1) is 16.6. The van der Waals surface area contributed by atoms with Gasteiger partial charge in [-0.05, 0) is 42.8 Å². The largest absolute Gasteiger partial charge is 0.486 e. The summed E-state index contributed by atoms with van der Waals surface area (Å²) in [6.45, 7) is 2.97. The molecule has 126 valence electrons. The van der Waals surface area contributed by atoms with Crippen molar-refractivity contribution in [3.05, 3.63) is 53.8 Å². The van der Waals surface area contributed by atoms with Crippen molar-refractivity contribution >= 4 is 17.7 Å². The van der Waals surface area contributed by atoms with Crippen molar-refractivity contribution in [3.8, 4) is 11.5 Å². The zero-order valence-electron chi connectivity index (χ0n) is 13.3. The number of carbonyl (C=O) groups excluding carboxylic acids is 1. The number of halogens is 1. The predicted octanol–water partition coefficient (Wildman–Crippen LogP) is 3.57. The molecule has 1 heterocycles. The second kappa shape index (κ2) is 7.57. The zero-order valence-corrected chi connectivity index (χ0v) is 14.1. The Kier molecular flexibility index (Phi) is 5.25. The van der Waals surface area contributed by atoms with Crippen LogP contribution >= 0.6 is 11.8 Å². The molecule has 1 aliphatic heterocycles.